The SMILES string of the molecule is C=C1C=C2OCOC2=CCOCC(=O)N(Cc2ccc(C(F)(F)F)o2)c2ccccc21. The van der Waals surface area contributed by atoms with Crippen molar-refractivity contribution >= 4 is 17.2 Å². The van der Waals surface area contributed by atoms with E-state index < -0.39 is 17.8 Å². The van der Waals surface area contributed by atoms with Gasteiger partial charge < -0.3 is 23.5 Å². The first kappa shape index (κ1) is 20.8. The van der Waals surface area contributed by atoms with Crippen LogP contribution in [-0.2, 0) is 31.7 Å². The van der Waals surface area contributed by atoms with E-state index in [1.54, 1.807) is 36.4 Å². The maximum atomic E-state index is 13.0. The van der Waals surface area contributed by atoms with E-state index in [9.17, 15) is 18.0 Å². The minimum absolute atomic E-state index is 0.0127. The van der Waals surface area contributed by atoms with Gasteiger partial charge in [0.1, 0.15) is 12.4 Å². The number of ether oxygens (including phenoxy) is 3. The number of anilines is 1. The number of benzene rings is 1. The molecule has 1 amide bonds. The number of alkyl halides is 3. The Morgan fingerprint density at radius 2 is 1.84 bits per heavy atom. The fraction of sp³-hybridized carbons (Fsp3) is 0.227. The molecule has 3 heterocycles. The summed E-state index contributed by atoms with van der Waals surface area (Å²) in [6.07, 6.45) is -1.30. The number of fused-ring (bicyclic) bond motifs is 2. The van der Waals surface area contributed by atoms with Gasteiger partial charge in [-0.3, -0.25) is 4.79 Å². The number of hydrogen-bond acceptors (Lipinski definition) is 5. The standard InChI is InChI=1S/C22H18F3NO5/c1-14-10-19-18(29-13-30-19)8-9-28-12-21(27)26(17-5-3-2-4-16(14)17)11-15-6-7-20(31-15)22(23,24)25/h2-8,10H,1,9,11-13H2. The molecule has 162 valence electrons. The quantitative estimate of drug-likeness (QED) is 0.690. The fourth-order valence-electron chi connectivity index (χ4n) is 3.23. The first-order valence-corrected chi connectivity index (χ1v) is 9.33. The molecule has 0 unspecified atom stereocenters. The van der Waals surface area contributed by atoms with E-state index >= 15 is 0 Å². The molecule has 4 rings (SSSR count). The summed E-state index contributed by atoms with van der Waals surface area (Å²) in [5, 5.41) is 0. The highest BCUT2D eigenvalue weighted by Gasteiger charge is 2.35. The Labute approximate surface area is 175 Å². The molecule has 2 aliphatic heterocycles. The summed E-state index contributed by atoms with van der Waals surface area (Å²) in [5.41, 5.74) is 1.59. The zero-order chi connectivity index (χ0) is 22.0. The number of amides is 1. The van der Waals surface area contributed by atoms with Gasteiger partial charge in [0.15, 0.2) is 11.5 Å². The van der Waals surface area contributed by atoms with Crippen LogP contribution in [0.3, 0.4) is 0 Å². The molecular weight excluding hydrogens is 415 g/mol. The Bertz CT molecular complexity index is 1070. The Morgan fingerprint density at radius 3 is 2.61 bits per heavy atom. The first-order valence-electron chi connectivity index (χ1n) is 9.33. The van der Waals surface area contributed by atoms with Gasteiger partial charge in [0.25, 0.3) is 5.91 Å². The average Bonchev–Trinajstić information content (AvgIpc) is 3.38. The highest BCUT2D eigenvalue weighted by atomic mass is 19.4. The molecule has 0 saturated carbocycles. The van der Waals surface area contributed by atoms with Gasteiger partial charge in [-0.25, -0.2) is 0 Å². The second kappa shape index (κ2) is 8.35. The van der Waals surface area contributed by atoms with Crippen molar-refractivity contribution in [2.24, 2.45) is 0 Å². The van der Waals surface area contributed by atoms with E-state index in [4.69, 9.17) is 18.6 Å². The van der Waals surface area contributed by atoms with Crippen molar-refractivity contribution in [3.05, 3.63) is 83.7 Å². The van der Waals surface area contributed by atoms with Crippen molar-refractivity contribution in [2.45, 2.75) is 12.7 Å². The lowest BCUT2D eigenvalue weighted by Crippen LogP contribution is -2.34. The van der Waals surface area contributed by atoms with Crippen LogP contribution in [-0.4, -0.2) is 25.9 Å². The van der Waals surface area contributed by atoms with Crippen molar-refractivity contribution in [1.29, 1.82) is 0 Å². The highest BCUT2D eigenvalue weighted by molar-refractivity contribution is 5.98. The third-order valence-electron chi connectivity index (χ3n) is 4.69. The third-order valence-corrected chi connectivity index (χ3v) is 4.69. The lowest BCUT2D eigenvalue weighted by Gasteiger charge is -2.25. The average molecular weight is 433 g/mol. The Balaban J connectivity index is 1.73. The Morgan fingerprint density at radius 1 is 1.06 bits per heavy atom. The summed E-state index contributed by atoms with van der Waals surface area (Å²) < 4.78 is 60.0. The second-order valence-corrected chi connectivity index (χ2v) is 6.78. The second-order valence-electron chi connectivity index (χ2n) is 6.78. The van der Waals surface area contributed by atoms with Gasteiger partial charge in [0.05, 0.1) is 18.8 Å². The van der Waals surface area contributed by atoms with Gasteiger partial charge in [-0.1, -0.05) is 24.8 Å². The molecule has 2 aliphatic rings. The largest absolute Gasteiger partial charge is 0.455 e. The number of carbonyl (C=O) groups is 1. The van der Waals surface area contributed by atoms with Crippen LogP contribution in [0.5, 0.6) is 0 Å². The highest BCUT2D eigenvalue weighted by Crippen LogP contribution is 2.34. The van der Waals surface area contributed by atoms with E-state index in [1.165, 1.54) is 11.0 Å². The topological polar surface area (TPSA) is 61.1 Å². The number of hydrogen-bond donors (Lipinski definition) is 0. The van der Waals surface area contributed by atoms with Crippen LogP contribution in [0, 0.1) is 0 Å². The predicted molar refractivity (Wildman–Crippen MR) is 104 cm³/mol. The number of carbonyl (C=O) groups excluding carboxylic acids is 1. The summed E-state index contributed by atoms with van der Waals surface area (Å²) in [7, 11) is 0. The van der Waals surface area contributed by atoms with Gasteiger partial charge in [-0.15, -0.1) is 0 Å². The van der Waals surface area contributed by atoms with Gasteiger partial charge in [-0.05, 0) is 35.9 Å². The van der Waals surface area contributed by atoms with Crippen LogP contribution in [0.2, 0.25) is 0 Å². The van der Waals surface area contributed by atoms with Crippen molar-refractivity contribution in [2.75, 3.05) is 24.9 Å². The maximum absolute atomic E-state index is 13.0. The molecule has 1 fully saturated rings. The molecule has 9 heteroatoms. The molecule has 0 aliphatic carbocycles. The summed E-state index contributed by atoms with van der Waals surface area (Å²) >= 11 is 0. The monoisotopic (exact) mass is 433 g/mol. The number of allylic oxidation sites excluding steroid dienone is 2. The van der Waals surface area contributed by atoms with Gasteiger partial charge in [0, 0.05) is 5.56 Å². The Kier molecular flexibility index (Phi) is 5.60. The molecule has 0 atom stereocenters. The minimum atomic E-state index is -4.61. The molecule has 1 aromatic heterocycles. The zero-order valence-corrected chi connectivity index (χ0v) is 16.3. The maximum Gasteiger partial charge on any atom is 0.449 e. The summed E-state index contributed by atoms with van der Waals surface area (Å²) in [6.45, 7) is 3.70. The molecule has 6 nitrogen and oxygen atoms in total. The number of furan rings is 1. The van der Waals surface area contributed by atoms with Gasteiger partial charge in [-0.2, -0.15) is 13.2 Å². The summed E-state index contributed by atoms with van der Waals surface area (Å²) in [6, 6.07) is 8.96. The van der Waals surface area contributed by atoms with E-state index in [0.29, 0.717) is 28.3 Å². The van der Waals surface area contributed by atoms with Gasteiger partial charge in [0.2, 0.25) is 12.6 Å². The molecular formula is C22H18F3NO5. The van der Waals surface area contributed by atoms with E-state index in [-0.39, 0.29) is 32.3 Å². The predicted octanol–water partition coefficient (Wildman–Crippen LogP) is 4.65. The zero-order valence-electron chi connectivity index (χ0n) is 16.3. The fourth-order valence-corrected chi connectivity index (χ4v) is 3.23. The van der Waals surface area contributed by atoms with Crippen molar-refractivity contribution in [3.63, 3.8) is 0 Å². The first-order chi connectivity index (χ1) is 14.8. The van der Waals surface area contributed by atoms with Crippen LogP contribution >= 0.6 is 0 Å². The molecule has 1 aromatic carbocycles. The van der Waals surface area contributed by atoms with Crippen molar-refractivity contribution < 1.29 is 36.6 Å². The van der Waals surface area contributed by atoms with Crippen LogP contribution < -0.4 is 4.90 Å². The molecule has 0 bridgehead atoms. The normalized spacial score (nSPS) is 17.5. The molecule has 0 N–H and O–H groups in total. The smallest absolute Gasteiger partial charge is 0.449 e. The van der Waals surface area contributed by atoms with Crippen molar-refractivity contribution in [1.82, 2.24) is 0 Å². The van der Waals surface area contributed by atoms with E-state index in [2.05, 4.69) is 6.58 Å². The number of nitrogens with zero attached hydrogens (tertiary/aromatic N) is 1. The minimum Gasteiger partial charge on any atom is -0.455 e. The lowest BCUT2D eigenvalue weighted by atomic mass is 10.0. The van der Waals surface area contributed by atoms with Crippen LogP contribution in [0.4, 0.5) is 18.9 Å². The summed E-state index contributed by atoms with van der Waals surface area (Å²) in [5.74, 6) is -0.626. The molecule has 1 saturated heterocycles. The van der Waals surface area contributed by atoms with E-state index in [0.717, 1.165) is 6.07 Å². The van der Waals surface area contributed by atoms with Crippen LogP contribution in [0.1, 0.15) is 17.1 Å². The number of halogens is 3. The lowest BCUT2D eigenvalue weighted by molar-refractivity contribution is -0.153. The van der Waals surface area contributed by atoms with Crippen LogP contribution in [0.25, 0.3) is 5.57 Å². The third kappa shape index (κ3) is 4.51. The molecule has 0 radical (unpaired) electrons. The Hall–Kier alpha value is -3.46. The summed E-state index contributed by atoms with van der Waals surface area (Å²) in [4.78, 5) is 14.3. The van der Waals surface area contributed by atoms with Crippen molar-refractivity contribution in [3.8, 4) is 0 Å². The number of rotatable bonds is 2. The molecule has 31 heavy (non-hydrogen) atoms. The van der Waals surface area contributed by atoms with Gasteiger partial charge >= 0.3 is 6.18 Å². The van der Waals surface area contributed by atoms with E-state index in [1.807, 2.05) is 0 Å². The number of para-hydroxylation sites is 1. The molecule has 2 aromatic rings. The van der Waals surface area contributed by atoms with Crippen LogP contribution in [0.15, 0.2) is 71.1 Å². The molecule has 0 spiro atoms.